The van der Waals surface area contributed by atoms with E-state index in [0.29, 0.717) is 41.2 Å². The van der Waals surface area contributed by atoms with E-state index in [2.05, 4.69) is 10.3 Å². The average Bonchev–Trinajstić information content (AvgIpc) is 2.53. The summed E-state index contributed by atoms with van der Waals surface area (Å²) in [6.45, 7) is 3.72. The molecular weight excluding hydrogens is 302 g/mol. The van der Waals surface area contributed by atoms with Crippen molar-refractivity contribution < 1.29 is 13.2 Å². The number of hydrogen-bond acceptors (Lipinski definition) is 5. The third-order valence-corrected chi connectivity index (χ3v) is 6.02. The fourth-order valence-electron chi connectivity index (χ4n) is 2.84. The molecule has 0 radical (unpaired) electrons. The van der Waals surface area contributed by atoms with E-state index in [0.717, 1.165) is 0 Å². The number of benzene rings is 1. The molecule has 1 N–H and O–H groups in total. The predicted molar refractivity (Wildman–Crippen MR) is 84.5 cm³/mol. The Morgan fingerprint density at radius 3 is 2.86 bits per heavy atom. The highest BCUT2D eigenvalue weighted by atomic mass is 32.2. The Morgan fingerprint density at radius 1 is 1.32 bits per heavy atom. The topological polar surface area (TPSA) is 71.5 Å². The van der Waals surface area contributed by atoms with E-state index in [1.807, 2.05) is 13.0 Å². The highest BCUT2D eigenvalue weighted by Crippen LogP contribution is 2.30. The first-order valence-electron chi connectivity index (χ1n) is 7.20. The van der Waals surface area contributed by atoms with Crippen molar-refractivity contribution in [1.29, 1.82) is 0 Å². The minimum atomic E-state index is -3.55. The second-order valence-corrected chi connectivity index (χ2v) is 7.20. The second-order valence-electron chi connectivity index (χ2n) is 5.34. The second kappa shape index (κ2) is 5.83. The molecule has 1 saturated heterocycles. The standard InChI is InChI=1S/C15H19N3O3S/c1-11-10-16-8-9-18(11)22(19,20)14-5-3-4-13-12(14)6-7-17-15(13)21-2/h3-7,11,16H,8-10H2,1-2H3/t11-/m0/s1. The summed E-state index contributed by atoms with van der Waals surface area (Å²) in [6, 6.07) is 6.84. The maximum atomic E-state index is 13.0. The lowest BCUT2D eigenvalue weighted by Crippen LogP contribution is -2.52. The van der Waals surface area contributed by atoms with Gasteiger partial charge < -0.3 is 10.1 Å². The third kappa shape index (κ3) is 2.45. The SMILES string of the molecule is COc1nccc2c(S(=O)(=O)N3CCNC[C@@H]3C)cccc12. The molecule has 7 heteroatoms. The number of ether oxygens (including phenoxy) is 1. The number of sulfonamides is 1. The van der Waals surface area contributed by atoms with E-state index in [1.54, 1.807) is 28.7 Å². The predicted octanol–water partition coefficient (Wildman–Crippen LogP) is 1.23. The number of fused-ring (bicyclic) bond motifs is 1. The molecule has 1 aliphatic rings. The van der Waals surface area contributed by atoms with Crippen molar-refractivity contribution in [3.63, 3.8) is 0 Å². The summed E-state index contributed by atoms with van der Waals surface area (Å²) in [4.78, 5) is 4.44. The smallest absolute Gasteiger partial charge is 0.244 e. The van der Waals surface area contributed by atoms with Gasteiger partial charge >= 0.3 is 0 Å². The van der Waals surface area contributed by atoms with Crippen molar-refractivity contribution in [1.82, 2.24) is 14.6 Å². The zero-order valence-corrected chi connectivity index (χ0v) is 13.4. The summed E-state index contributed by atoms with van der Waals surface area (Å²) >= 11 is 0. The highest BCUT2D eigenvalue weighted by molar-refractivity contribution is 7.89. The lowest BCUT2D eigenvalue weighted by molar-refractivity contribution is 0.284. The average molecular weight is 321 g/mol. The molecule has 0 bridgehead atoms. The van der Waals surface area contributed by atoms with Crippen LogP contribution in [0.15, 0.2) is 35.4 Å². The summed E-state index contributed by atoms with van der Waals surface area (Å²) in [5, 5.41) is 4.55. The van der Waals surface area contributed by atoms with E-state index in [4.69, 9.17) is 4.74 Å². The van der Waals surface area contributed by atoms with Crippen LogP contribution >= 0.6 is 0 Å². The summed E-state index contributed by atoms with van der Waals surface area (Å²) in [7, 11) is -2.02. The number of hydrogen-bond donors (Lipinski definition) is 1. The van der Waals surface area contributed by atoms with Gasteiger partial charge in [0.25, 0.3) is 0 Å². The molecule has 2 aromatic rings. The lowest BCUT2D eigenvalue weighted by Gasteiger charge is -2.33. The fourth-order valence-corrected chi connectivity index (χ4v) is 4.68. The van der Waals surface area contributed by atoms with Crippen LogP contribution in [0.5, 0.6) is 5.88 Å². The number of rotatable bonds is 3. The molecule has 1 atom stereocenters. The minimum Gasteiger partial charge on any atom is -0.481 e. The van der Waals surface area contributed by atoms with E-state index in [1.165, 1.54) is 7.11 Å². The molecule has 0 aliphatic carbocycles. The van der Waals surface area contributed by atoms with Crippen LogP contribution in [0.1, 0.15) is 6.92 Å². The van der Waals surface area contributed by atoms with Crippen molar-refractivity contribution >= 4 is 20.8 Å². The van der Waals surface area contributed by atoms with Crippen molar-refractivity contribution in [2.24, 2.45) is 0 Å². The van der Waals surface area contributed by atoms with E-state index in [9.17, 15) is 8.42 Å². The van der Waals surface area contributed by atoms with Crippen LogP contribution in [0, 0.1) is 0 Å². The van der Waals surface area contributed by atoms with E-state index in [-0.39, 0.29) is 6.04 Å². The fraction of sp³-hybridized carbons (Fsp3) is 0.400. The van der Waals surface area contributed by atoms with Crippen molar-refractivity contribution in [3.8, 4) is 5.88 Å². The molecular formula is C15H19N3O3S. The number of pyridine rings is 1. The highest BCUT2D eigenvalue weighted by Gasteiger charge is 2.32. The number of nitrogens with zero attached hydrogens (tertiary/aromatic N) is 2. The Balaban J connectivity index is 2.17. The quantitative estimate of drug-likeness (QED) is 0.920. The summed E-state index contributed by atoms with van der Waals surface area (Å²) in [5.74, 6) is 0.433. The molecule has 2 heterocycles. The minimum absolute atomic E-state index is 0.0715. The van der Waals surface area contributed by atoms with Gasteiger partial charge in [0, 0.05) is 42.6 Å². The van der Waals surface area contributed by atoms with Crippen molar-refractivity contribution in [2.75, 3.05) is 26.7 Å². The maximum absolute atomic E-state index is 13.0. The van der Waals surface area contributed by atoms with Gasteiger partial charge in [0.2, 0.25) is 15.9 Å². The number of nitrogens with one attached hydrogen (secondary N) is 1. The summed E-state index contributed by atoms with van der Waals surface area (Å²) in [6.07, 6.45) is 1.57. The molecule has 22 heavy (non-hydrogen) atoms. The van der Waals surface area contributed by atoms with Crippen molar-refractivity contribution in [3.05, 3.63) is 30.5 Å². The van der Waals surface area contributed by atoms with Gasteiger partial charge in [0.05, 0.1) is 12.0 Å². The lowest BCUT2D eigenvalue weighted by atomic mass is 10.2. The molecule has 1 aromatic carbocycles. The van der Waals surface area contributed by atoms with Crippen LogP contribution in [0.2, 0.25) is 0 Å². The van der Waals surface area contributed by atoms with E-state index >= 15 is 0 Å². The first-order chi connectivity index (χ1) is 10.6. The van der Waals surface area contributed by atoms with Crippen LogP contribution in [0.3, 0.4) is 0 Å². The maximum Gasteiger partial charge on any atom is 0.244 e. The Hall–Kier alpha value is -1.70. The van der Waals surface area contributed by atoms with Crippen molar-refractivity contribution in [2.45, 2.75) is 17.9 Å². The Labute approximate surface area is 130 Å². The number of piperazine rings is 1. The molecule has 3 rings (SSSR count). The molecule has 1 aliphatic heterocycles. The van der Waals surface area contributed by atoms with Gasteiger partial charge in [-0.2, -0.15) is 4.31 Å². The van der Waals surface area contributed by atoms with E-state index < -0.39 is 10.0 Å². The Morgan fingerprint density at radius 2 is 2.14 bits per heavy atom. The summed E-state index contributed by atoms with van der Waals surface area (Å²) < 4.78 is 32.9. The van der Waals surface area contributed by atoms with Gasteiger partial charge in [-0.05, 0) is 25.1 Å². The molecule has 0 saturated carbocycles. The zero-order valence-electron chi connectivity index (χ0n) is 12.6. The molecule has 1 fully saturated rings. The van der Waals surface area contributed by atoms with Crippen LogP contribution in [0.25, 0.3) is 10.8 Å². The van der Waals surface area contributed by atoms with Gasteiger partial charge in [-0.3, -0.25) is 0 Å². The normalized spacial score (nSPS) is 20.2. The molecule has 6 nitrogen and oxygen atoms in total. The first-order valence-corrected chi connectivity index (χ1v) is 8.64. The van der Waals surface area contributed by atoms with Gasteiger partial charge in [0.15, 0.2) is 0 Å². The van der Waals surface area contributed by atoms with Crippen LogP contribution in [-0.4, -0.2) is 50.5 Å². The van der Waals surface area contributed by atoms with Gasteiger partial charge in [0.1, 0.15) is 0 Å². The molecule has 118 valence electrons. The van der Waals surface area contributed by atoms with Gasteiger partial charge in [-0.25, -0.2) is 13.4 Å². The van der Waals surface area contributed by atoms with Crippen LogP contribution in [0.4, 0.5) is 0 Å². The zero-order chi connectivity index (χ0) is 15.7. The molecule has 1 aromatic heterocycles. The number of methoxy groups -OCH3 is 1. The third-order valence-electron chi connectivity index (χ3n) is 3.95. The van der Waals surface area contributed by atoms with Crippen LogP contribution in [-0.2, 0) is 10.0 Å². The largest absolute Gasteiger partial charge is 0.481 e. The Kier molecular flexibility index (Phi) is 4.03. The Bertz CT molecular complexity index is 792. The molecule has 0 amide bonds. The van der Waals surface area contributed by atoms with Gasteiger partial charge in [-0.15, -0.1) is 0 Å². The van der Waals surface area contributed by atoms with Gasteiger partial charge in [-0.1, -0.05) is 6.07 Å². The first kappa shape index (κ1) is 15.2. The monoisotopic (exact) mass is 321 g/mol. The number of aromatic nitrogens is 1. The van der Waals surface area contributed by atoms with Crippen LogP contribution < -0.4 is 10.1 Å². The molecule has 0 unspecified atom stereocenters. The molecule has 0 spiro atoms. The summed E-state index contributed by atoms with van der Waals surface area (Å²) in [5.41, 5.74) is 0.